The number of aliphatic hydroxyl groups is 1. The molecule has 0 unspecified atom stereocenters. The van der Waals surface area contributed by atoms with Crippen LogP contribution in [0.4, 0.5) is 0 Å². The summed E-state index contributed by atoms with van der Waals surface area (Å²) in [6.45, 7) is 0. The van der Waals surface area contributed by atoms with Crippen LogP contribution in [0.3, 0.4) is 0 Å². The summed E-state index contributed by atoms with van der Waals surface area (Å²) in [5.41, 5.74) is 0. The van der Waals surface area contributed by atoms with Crippen molar-refractivity contribution >= 4 is 13.6 Å². The van der Waals surface area contributed by atoms with E-state index in [9.17, 15) is 9.36 Å². The minimum atomic E-state index is -4.75. The molecule has 0 aromatic carbocycles. The van der Waals surface area contributed by atoms with Crippen LogP contribution < -0.4 is 0 Å². The van der Waals surface area contributed by atoms with Gasteiger partial charge in [-0.05, 0) is 0 Å². The number of hydrogen-bond acceptors (Lipinski definition) is 4. The van der Waals surface area contributed by atoms with E-state index >= 15 is 0 Å². The Morgan fingerprint density at radius 2 is 2.00 bits per heavy atom. The Balaban J connectivity index is 4.23. The Kier molecular flexibility index (Phi) is 2.98. The molecule has 10 heavy (non-hydrogen) atoms. The molecule has 1 atom stereocenters. The van der Waals surface area contributed by atoms with Gasteiger partial charge in [-0.15, -0.1) is 0 Å². The third-order valence-corrected chi connectivity index (χ3v) is 1.58. The van der Waals surface area contributed by atoms with Crippen molar-refractivity contribution in [2.75, 3.05) is 7.11 Å². The zero-order chi connectivity index (χ0) is 8.36. The van der Waals surface area contributed by atoms with Crippen LogP contribution in [0.5, 0.6) is 0 Å². The molecule has 0 saturated carbocycles. The normalized spacial score (nSPS) is 14.4. The molecule has 0 radical (unpaired) electrons. The van der Waals surface area contributed by atoms with E-state index in [1.54, 1.807) is 0 Å². The highest BCUT2D eigenvalue weighted by atomic mass is 31.2. The molecule has 0 rings (SSSR count). The molecule has 6 nitrogen and oxygen atoms in total. The van der Waals surface area contributed by atoms with Crippen LogP contribution in [0.2, 0.25) is 0 Å². The SMILES string of the molecule is COC(=O)[C@@H](O)P(=O)(O)O. The van der Waals surface area contributed by atoms with Crippen molar-refractivity contribution in [1.82, 2.24) is 0 Å². The van der Waals surface area contributed by atoms with Gasteiger partial charge in [-0.1, -0.05) is 0 Å². The Morgan fingerprint density at radius 1 is 1.60 bits per heavy atom. The number of carbonyl (C=O) groups is 1. The number of methoxy groups -OCH3 is 1. The van der Waals surface area contributed by atoms with Gasteiger partial charge >= 0.3 is 13.6 Å². The van der Waals surface area contributed by atoms with Crippen LogP contribution in [-0.4, -0.2) is 33.8 Å². The first-order valence-electron chi connectivity index (χ1n) is 2.20. The molecular formula is C3H7O6P. The fourth-order valence-corrected chi connectivity index (χ4v) is 0.623. The van der Waals surface area contributed by atoms with E-state index in [0.717, 1.165) is 7.11 Å². The lowest BCUT2D eigenvalue weighted by Crippen LogP contribution is -2.21. The maximum absolute atomic E-state index is 10.2. The average molecular weight is 170 g/mol. The van der Waals surface area contributed by atoms with E-state index < -0.39 is 19.4 Å². The molecule has 0 amide bonds. The van der Waals surface area contributed by atoms with E-state index in [-0.39, 0.29) is 0 Å². The van der Waals surface area contributed by atoms with Crippen molar-refractivity contribution < 1.29 is 29.0 Å². The molecule has 0 saturated heterocycles. The smallest absolute Gasteiger partial charge is 0.365 e. The van der Waals surface area contributed by atoms with Gasteiger partial charge in [0.25, 0.3) is 5.85 Å². The maximum Gasteiger partial charge on any atom is 0.365 e. The molecule has 3 N–H and O–H groups in total. The van der Waals surface area contributed by atoms with E-state index in [0.29, 0.717) is 0 Å². The van der Waals surface area contributed by atoms with Gasteiger partial charge in [-0.2, -0.15) is 0 Å². The highest BCUT2D eigenvalue weighted by molar-refractivity contribution is 7.53. The molecule has 0 aliphatic rings. The summed E-state index contributed by atoms with van der Waals surface area (Å²) in [5, 5.41) is 8.42. The van der Waals surface area contributed by atoms with Crippen molar-refractivity contribution in [3.63, 3.8) is 0 Å². The minimum absolute atomic E-state index is 0.918. The number of ether oxygens (including phenoxy) is 1. The zero-order valence-electron chi connectivity index (χ0n) is 5.09. The molecule has 0 aliphatic carbocycles. The van der Waals surface area contributed by atoms with Gasteiger partial charge in [-0.3, -0.25) is 4.57 Å². The Morgan fingerprint density at radius 3 is 2.10 bits per heavy atom. The fraction of sp³-hybridized carbons (Fsp3) is 0.667. The molecular weight excluding hydrogens is 163 g/mol. The maximum atomic E-state index is 10.2. The second-order valence-corrected chi connectivity index (χ2v) is 3.15. The van der Waals surface area contributed by atoms with Gasteiger partial charge in [0.1, 0.15) is 0 Å². The van der Waals surface area contributed by atoms with E-state index in [1.165, 1.54) is 0 Å². The summed E-state index contributed by atoms with van der Waals surface area (Å²) in [5.74, 6) is -3.70. The Hall–Kier alpha value is -0.420. The second-order valence-electron chi connectivity index (χ2n) is 1.49. The molecule has 0 fully saturated rings. The van der Waals surface area contributed by atoms with Gasteiger partial charge in [0.15, 0.2) is 0 Å². The first kappa shape index (κ1) is 9.58. The van der Waals surface area contributed by atoms with Crippen molar-refractivity contribution in [2.45, 2.75) is 5.85 Å². The molecule has 0 aliphatic heterocycles. The van der Waals surface area contributed by atoms with Gasteiger partial charge in [0.2, 0.25) is 0 Å². The summed E-state index contributed by atoms with van der Waals surface area (Å²) in [7, 11) is -3.83. The lowest BCUT2D eigenvalue weighted by atomic mass is 10.7. The van der Waals surface area contributed by atoms with Crippen molar-refractivity contribution in [3.8, 4) is 0 Å². The monoisotopic (exact) mass is 170 g/mol. The largest absolute Gasteiger partial charge is 0.467 e. The highest BCUT2D eigenvalue weighted by Gasteiger charge is 2.34. The standard InChI is InChI=1S/C3H7O6P/c1-9-2(4)3(5)10(6,7)8/h3,5H,1H3,(H2,6,7,8)/t3-/m0/s1. The minimum Gasteiger partial charge on any atom is -0.467 e. The van der Waals surface area contributed by atoms with Crippen LogP contribution in [0.15, 0.2) is 0 Å². The van der Waals surface area contributed by atoms with Gasteiger partial charge in [0.05, 0.1) is 7.11 Å². The van der Waals surface area contributed by atoms with Crippen LogP contribution >= 0.6 is 7.60 Å². The molecule has 0 aromatic rings. The topological polar surface area (TPSA) is 104 Å². The van der Waals surface area contributed by atoms with E-state index in [1.807, 2.05) is 0 Å². The Labute approximate surface area is 56.6 Å². The molecule has 0 bridgehead atoms. The zero-order valence-corrected chi connectivity index (χ0v) is 5.99. The predicted molar refractivity (Wildman–Crippen MR) is 30.1 cm³/mol. The highest BCUT2D eigenvalue weighted by Crippen LogP contribution is 2.39. The van der Waals surface area contributed by atoms with Gasteiger partial charge in [0, 0.05) is 0 Å². The quantitative estimate of drug-likeness (QED) is 0.349. The van der Waals surface area contributed by atoms with Gasteiger partial charge in [-0.25, -0.2) is 4.79 Å². The number of esters is 1. The molecule has 0 spiro atoms. The Bertz CT molecular complexity index is 170. The van der Waals surface area contributed by atoms with E-state index in [4.69, 9.17) is 14.9 Å². The van der Waals surface area contributed by atoms with Crippen LogP contribution in [0.25, 0.3) is 0 Å². The summed E-state index contributed by atoms with van der Waals surface area (Å²) < 4.78 is 13.9. The number of rotatable bonds is 2. The fourth-order valence-electron chi connectivity index (χ4n) is 0.243. The van der Waals surface area contributed by atoms with Crippen molar-refractivity contribution in [3.05, 3.63) is 0 Å². The number of aliphatic hydroxyl groups excluding tert-OH is 1. The second kappa shape index (κ2) is 3.12. The van der Waals surface area contributed by atoms with Crippen molar-refractivity contribution in [2.24, 2.45) is 0 Å². The molecule has 7 heteroatoms. The molecule has 60 valence electrons. The summed E-state index contributed by atoms with van der Waals surface area (Å²) >= 11 is 0. The van der Waals surface area contributed by atoms with Crippen LogP contribution in [-0.2, 0) is 14.1 Å². The molecule has 0 aromatic heterocycles. The summed E-state index contributed by atoms with van der Waals surface area (Å²) in [6.07, 6.45) is 0. The predicted octanol–water partition coefficient (Wildman–Crippen LogP) is -1.34. The summed E-state index contributed by atoms with van der Waals surface area (Å²) in [6, 6.07) is 0. The molecule has 0 heterocycles. The average Bonchev–Trinajstić information content (AvgIpc) is 1.83. The van der Waals surface area contributed by atoms with Gasteiger partial charge < -0.3 is 19.6 Å². The van der Waals surface area contributed by atoms with Crippen LogP contribution in [0, 0.1) is 0 Å². The first-order valence-corrected chi connectivity index (χ1v) is 3.89. The third-order valence-electron chi connectivity index (χ3n) is 0.731. The number of carbonyl (C=O) groups excluding carboxylic acids is 1. The first-order chi connectivity index (χ1) is 4.39. The van der Waals surface area contributed by atoms with Crippen molar-refractivity contribution in [1.29, 1.82) is 0 Å². The lowest BCUT2D eigenvalue weighted by Gasteiger charge is -2.08. The van der Waals surface area contributed by atoms with Crippen LogP contribution in [0.1, 0.15) is 0 Å². The lowest BCUT2D eigenvalue weighted by molar-refractivity contribution is -0.146. The third kappa shape index (κ3) is 2.45. The van der Waals surface area contributed by atoms with E-state index in [2.05, 4.69) is 4.74 Å². The number of hydrogen-bond donors (Lipinski definition) is 3. The summed E-state index contributed by atoms with van der Waals surface area (Å²) in [4.78, 5) is 26.5.